The van der Waals surface area contributed by atoms with Crippen molar-refractivity contribution in [3.63, 3.8) is 0 Å². The zero-order valence-electron chi connectivity index (χ0n) is 11.2. The number of carboxylic acid groups (broad SMARTS) is 1. The summed E-state index contributed by atoms with van der Waals surface area (Å²) in [6.45, 7) is 0.422. The van der Waals surface area contributed by atoms with Gasteiger partial charge in [-0.05, 0) is 55.9 Å². The van der Waals surface area contributed by atoms with Crippen molar-refractivity contribution in [2.75, 3.05) is 6.54 Å². The number of alkyl halides is 1. The number of aliphatic carboxylic acids is 1. The molecule has 3 aliphatic carbocycles. The van der Waals surface area contributed by atoms with E-state index in [0.717, 1.165) is 19.3 Å². The SMILES string of the molecule is NC[C@]1(CC(=O)O)C[C@H]2CC(CC3(F)CCC3)=C[C@H]21. The van der Waals surface area contributed by atoms with Gasteiger partial charge in [-0.15, -0.1) is 0 Å². The second kappa shape index (κ2) is 4.30. The Kier molecular flexibility index (Phi) is 2.97. The number of halogens is 1. The van der Waals surface area contributed by atoms with Gasteiger partial charge in [-0.3, -0.25) is 4.79 Å². The van der Waals surface area contributed by atoms with E-state index < -0.39 is 11.6 Å². The summed E-state index contributed by atoms with van der Waals surface area (Å²) in [7, 11) is 0. The second-order valence-electron chi connectivity index (χ2n) is 6.84. The zero-order valence-corrected chi connectivity index (χ0v) is 11.2. The van der Waals surface area contributed by atoms with Crippen LogP contribution in [-0.2, 0) is 4.79 Å². The van der Waals surface area contributed by atoms with Crippen LogP contribution in [0.2, 0.25) is 0 Å². The normalized spacial score (nSPS) is 38.9. The van der Waals surface area contributed by atoms with E-state index >= 15 is 0 Å². The fourth-order valence-corrected chi connectivity index (χ4v) is 4.35. The molecule has 0 aromatic rings. The Morgan fingerprint density at radius 1 is 1.53 bits per heavy atom. The van der Waals surface area contributed by atoms with Crippen LogP contribution < -0.4 is 5.73 Å². The van der Waals surface area contributed by atoms with Crippen molar-refractivity contribution in [2.45, 2.75) is 50.6 Å². The summed E-state index contributed by atoms with van der Waals surface area (Å²) in [4.78, 5) is 11.0. The maximum absolute atomic E-state index is 14.2. The van der Waals surface area contributed by atoms with Crippen LogP contribution >= 0.6 is 0 Å². The van der Waals surface area contributed by atoms with Gasteiger partial charge in [0.15, 0.2) is 0 Å². The molecule has 106 valence electrons. The molecule has 19 heavy (non-hydrogen) atoms. The number of fused-ring (bicyclic) bond motifs is 1. The summed E-state index contributed by atoms with van der Waals surface area (Å²) in [6, 6.07) is 0. The van der Waals surface area contributed by atoms with E-state index in [1.54, 1.807) is 0 Å². The van der Waals surface area contributed by atoms with Gasteiger partial charge in [0.25, 0.3) is 0 Å². The number of hydrogen-bond acceptors (Lipinski definition) is 2. The van der Waals surface area contributed by atoms with Gasteiger partial charge in [-0.25, -0.2) is 4.39 Å². The Morgan fingerprint density at radius 3 is 2.79 bits per heavy atom. The molecule has 0 bridgehead atoms. The van der Waals surface area contributed by atoms with E-state index in [1.807, 2.05) is 0 Å². The average Bonchev–Trinajstić information content (AvgIpc) is 2.62. The van der Waals surface area contributed by atoms with Gasteiger partial charge >= 0.3 is 5.97 Å². The van der Waals surface area contributed by atoms with Crippen LogP contribution in [0.1, 0.15) is 44.9 Å². The monoisotopic (exact) mass is 267 g/mol. The molecular formula is C15H22FNO2. The topological polar surface area (TPSA) is 63.3 Å². The van der Waals surface area contributed by atoms with Crippen molar-refractivity contribution in [3.05, 3.63) is 11.6 Å². The third-order valence-corrected chi connectivity index (χ3v) is 5.53. The smallest absolute Gasteiger partial charge is 0.303 e. The summed E-state index contributed by atoms with van der Waals surface area (Å²) in [6.07, 6.45) is 7.10. The standard InChI is InChI=1S/C15H22FNO2/c16-15(2-1-3-15)6-10-4-11-7-14(9-17,8-13(18)19)12(11)5-10/h5,11-12H,1-4,6-9,17H2,(H,18,19)/t11-,12-,14-/m1/s1. The highest BCUT2D eigenvalue weighted by Gasteiger charge is 2.55. The Bertz CT molecular complexity index is 430. The van der Waals surface area contributed by atoms with Crippen LogP contribution in [0.25, 0.3) is 0 Å². The lowest BCUT2D eigenvalue weighted by Gasteiger charge is -2.51. The van der Waals surface area contributed by atoms with Gasteiger partial charge < -0.3 is 10.8 Å². The Labute approximate surface area is 113 Å². The largest absolute Gasteiger partial charge is 0.481 e. The molecular weight excluding hydrogens is 245 g/mol. The van der Waals surface area contributed by atoms with E-state index in [-0.39, 0.29) is 17.8 Å². The first-order valence-corrected chi connectivity index (χ1v) is 7.27. The first kappa shape index (κ1) is 13.1. The number of carbonyl (C=O) groups is 1. The van der Waals surface area contributed by atoms with E-state index in [9.17, 15) is 9.18 Å². The minimum Gasteiger partial charge on any atom is -0.481 e. The van der Waals surface area contributed by atoms with Crippen molar-refractivity contribution in [3.8, 4) is 0 Å². The van der Waals surface area contributed by atoms with Crippen molar-refractivity contribution in [1.82, 2.24) is 0 Å². The van der Waals surface area contributed by atoms with Crippen molar-refractivity contribution < 1.29 is 14.3 Å². The van der Waals surface area contributed by atoms with Crippen molar-refractivity contribution in [1.29, 1.82) is 0 Å². The third-order valence-electron chi connectivity index (χ3n) is 5.53. The number of hydrogen-bond donors (Lipinski definition) is 2. The van der Waals surface area contributed by atoms with Crippen molar-refractivity contribution >= 4 is 5.97 Å². The van der Waals surface area contributed by atoms with E-state index in [2.05, 4.69) is 6.08 Å². The van der Waals surface area contributed by atoms with E-state index in [0.29, 0.717) is 31.7 Å². The number of allylic oxidation sites excluding steroid dienone is 2. The third kappa shape index (κ3) is 2.10. The summed E-state index contributed by atoms with van der Waals surface area (Å²) in [5, 5.41) is 9.03. The Morgan fingerprint density at radius 2 is 2.26 bits per heavy atom. The molecule has 0 radical (unpaired) electrons. The molecule has 0 spiro atoms. The predicted molar refractivity (Wildman–Crippen MR) is 70.3 cm³/mol. The molecule has 3 aliphatic rings. The van der Waals surface area contributed by atoms with Crippen molar-refractivity contribution in [2.24, 2.45) is 23.0 Å². The molecule has 3 N–H and O–H groups in total. The fourth-order valence-electron chi connectivity index (χ4n) is 4.35. The second-order valence-corrected chi connectivity index (χ2v) is 6.84. The van der Waals surface area contributed by atoms with Gasteiger partial charge in [-0.2, -0.15) is 0 Å². The minimum absolute atomic E-state index is 0.148. The predicted octanol–water partition coefficient (Wildman–Crippen LogP) is 2.65. The molecule has 2 saturated carbocycles. The van der Waals surface area contributed by atoms with Crippen LogP contribution in [0.15, 0.2) is 11.6 Å². The minimum atomic E-state index is -0.964. The molecule has 3 atom stereocenters. The van der Waals surface area contributed by atoms with Gasteiger partial charge in [0.2, 0.25) is 0 Å². The van der Waals surface area contributed by atoms with Gasteiger partial charge in [0, 0.05) is 6.42 Å². The number of rotatable bonds is 5. The Hall–Kier alpha value is -0.900. The molecule has 3 rings (SSSR count). The molecule has 0 saturated heterocycles. The van der Waals surface area contributed by atoms with E-state index in [4.69, 9.17) is 10.8 Å². The Balaban J connectivity index is 1.68. The number of carboxylic acids is 1. The highest BCUT2D eigenvalue weighted by molar-refractivity contribution is 5.68. The molecule has 0 amide bonds. The number of nitrogens with two attached hydrogens (primary N) is 1. The first-order valence-electron chi connectivity index (χ1n) is 7.27. The summed E-state index contributed by atoms with van der Waals surface area (Å²) in [5.74, 6) is 0.0144. The van der Waals surface area contributed by atoms with Crippen LogP contribution in [0.3, 0.4) is 0 Å². The average molecular weight is 267 g/mol. The molecule has 0 aromatic carbocycles. The highest BCUT2D eigenvalue weighted by atomic mass is 19.1. The highest BCUT2D eigenvalue weighted by Crippen LogP contribution is 2.60. The fraction of sp³-hybridized carbons (Fsp3) is 0.800. The first-order chi connectivity index (χ1) is 8.96. The molecule has 0 heterocycles. The summed E-state index contributed by atoms with van der Waals surface area (Å²) in [5.41, 5.74) is 5.80. The van der Waals surface area contributed by atoms with E-state index in [1.165, 1.54) is 5.57 Å². The molecule has 0 aromatic heterocycles. The van der Waals surface area contributed by atoms with Crippen LogP contribution in [0.5, 0.6) is 0 Å². The molecule has 0 unspecified atom stereocenters. The van der Waals surface area contributed by atoms with Crippen LogP contribution in [0, 0.1) is 17.3 Å². The lowest BCUT2D eigenvalue weighted by molar-refractivity contribution is -0.144. The maximum Gasteiger partial charge on any atom is 0.303 e. The molecule has 4 heteroatoms. The summed E-state index contributed by atoms with van der Waals surface area (Å²) >= 11 is 0. The van der Waals surface area contributed by atoms with Gasteiger partial charge in [0.05, 0.1) is 6.42 Å². The summed E-state index contributed by atoms with van der Waals surface area (Å²) < 4.78 is 14.2. The van der Waals surface area contributed by atoms with Gasteiger partial charge in [0.1, 0.15) is 5.67 Å². The molecule has 3 nitrogen and oxygen atoms in total. The lowest BCUT2D eigenvalue weighted by Crippen LogP contribution is -2.51. The lowest BCUT2D eigenvalue weighted by atomic mass is 9.53. The maximum atomic E-state index is 14.2. The quantitative estimate of drug-likeness (QED) is 0.753. The zero-order chi connectivity index (χ0) is 13.7. The van der Waals surface area contributed by atoms with Crippen LogP contribution in [-0.4, -0.2) is 23.3 Å². The van der Waals surface area contributed by atoms with Crippen LogP contribution in [0.4, 0.5) is 4.39 Å². The molecule has 2 fully saturated rings. The molecule has 0 aliphatic heterocycles. The van der Waals surface area contributed by atoms with Gasteiger partial charge in [-0.1, -0.05) is 11.6 Å².